The number of rotatable bonds is 8. The third kappa shape index (κ3) is 4.76. The number of nitrogens with zero attached hydrogens (tertiary/aromatic N) is 1. The Kier molecular flexibility index (Phi) is 6.89. The van der Waals surface area contributed by atoms with E-state index < -0.39 is 5.97 Å². The molecule has 0 saturated carbocycles. The van der Waals surface area contributed by atoms with Crippen LogP contribution in [0.5, 0.6) is 5.75 Å². The quantitative estimate of drug-likeness (QED) is 0.802. The van der Waals surface area contributed by atoms with E-state index in [9.17, 15) is 9.59 Å². The van der Waals surface area contributed by atoms with Crippen molar-refractivity contribution in [3.8, 4) is 5.75 Å². The number of methoxy groups -OCH3 is 1. The van der Waals surface area contributed by atoms with Gasteiger partial charge >= 0.3 is 5.97 Å². The fourth-order valence-corrected chi connectivity index (χ4v) is 2.43. The van der Waals surface area contributed by atoms with Crippen molar-refractivity contribution in [2.45, 2.75) is 45.6 Å². The normalized spacial score (nSPS) is 12.0. The van der Waals surface area contributed by atoms with Crippen LogP contribution in [0.2, 0.25) is 0 Å². The molecule has 0 heterocycles. The SMILES string of the molecule is CCC(C(=O)N(CCC(=O)O)C(C)C)c1ccc(OC)cc1. The molecule has 5 heteroatoms. The largest absolute Gasteiger partial charge is 0.497 e. The van der Waals surface area contributed by atoms with Crippen molar-refractivity contribution in [2.75, 3.05) is 13.7 Å². The van der Waals surface area contributed by atoms with Crippen molar-refractivity contribution < 1.29 is 19.4 Å². The lowest BCUT2D eigenvalue weighted by Crippen LogP contribution is -2.41. The van der Waals surface area contributed by atoms with Gasteiger partial charge in [-0.05, 0) is 38.0 Å². The van der Waals surface area contributed by atoms with Crippen LogP contribution in [-0.2, 0) is 9.59 Å². The van der Waals surface area contributed by atoms with Crippen LogP contribution >= 0.6 is 0 Å². The Morgan fingerprint density at radius 2 is 1.82 bits per heavy atom. The maximum atomic E-state index is 12.8. The van der Waals surface area contributed by atoms with Crippen molar-refractivity contribution in [1.82, 2.24) is 4.90 Å². The average molecular weight is 307 g/mol. The van der Waals surface area contributed by atoms with Gasteiger partial charge in [-0.3, -0.25) is 9.59 Å². The van der Waals surface area contributed by atoms with Crippen LogP contribution in [0.4, 0.5) is 0 Å². The van der Waals surface area contributed by atoms with Gasteiger partial charge in [0, 0.05) is 12.6 Å². The Bertz CT molecular complexity index is 496. The number of ether oxygens (including phenoxy) is 1. The number of benzene rings is 1. The number of hydrogen-bond donors (Lipinski definition) is 1. The van der Waals surface area contributed by atoms with Crippen molar-refractivity contribution >= 4 is 11.9 Å². The number of carbonyl (C=O) groups is 2. The first kappa shape index (κ1) is 18.0. The minimum Gasteiger partial charge on any atom is -0.497 e. The van der Waals surface area contributed by atoms with Crippen LogP contribution in [0.1, 0.15) is 45.1 Å². The Morgan fingerprint density at radius 3 is 2.23 bits per heavy atom. The summed E-state index contributed by atoms with van der Waals surface area (Å²) in [7, 11) is 1.60. The fourth-order valence-electron chi connectivity index (χ4n) is 2.43. The Morgan fingerprint density at radius 1 is 1.23 bits per heavy atom. The Labute approximate surface area is 131 Å². The van der Waals surface area contributed by atoms with Gasteiger partial charge in [-0.15, -0.1) is 0 Å². The van der Waals surface area contributed by atoms with E-state index in [2.05, 4.69) is 0 Å². The minimum absolute atomic E-state index is 0.0242. The van der Waals surface area contributed by atoms with Crippen LogP contribution in [-0.4, -0.2) is 41.6 Å². The Balaban J connectivity index is 2.93. The smallest absolute Gasteiger partial charge is 0.305 e. The molecule has 0 saturated heterocycles. The summed E-state index contributed by atoms with van der Waals surface area (Å²) in [4.78, 5) is 25.2. The number of carboxylic acid groups (broad SMARTS) is 1. The third-order valence-electron chi connectivity index (χ3n) is 3.70. The molecule has 0 aliphatic carbocycles. The molecule has 1 N–H and O–H groups in total. The molecule has 0 fully saturated rings. The summed E-state index contributed by atoms with van der Waals surface area (Å²) in [6.45, 7) is 6.00. The lowest BCUT2D eigenvalue weighted by Gasteiger charge is -2.30. The maximum Gasteiger partial charge on any atom is 0.305 e. The van der Waals surface area contributed by atoms with Gasteiger partial charge in [-0.2, -0.15) is 0 Å². The van der Waals surface area contributed by atoms with E-state index in [1.807, 2.05) is 45.0 Å². The standard InChI is InChI=1S/C17H25NO4/c1-5-15(13-6-8-14(22-4)9-7-13)17(21)18(12(2)3)11-10-16(19)20/h6-9,12,15H,5,10-11H2,1-4H3,(H,19,20). The molecular formula is C17H25NO4. The molecule has 0 spiro atoms. The monoisotopic (exact) mass is 307 g/mol. The highest BCUT2D eigenvalue weighted by molar-refractivity contribution is 5.84. The van der Waals surface area contributed by atoms with Crippen molar-refractivity contribution in [3.63, 3.8) is 0 Å². The van der Waals surface area contributed by atoms with E-state index >= 15 is 0 Å². The van der Waals surface area contributed by atoms with Crippen LogP contribution in [0.3, 0.4) is 0 Å². The highest BCUT2D eigenvalue weighted by Crippen LogP contribution is 2.25. The summed E-state index contributed by atoms with van der Waals surface area (Å²) in [5.41, 5.74) is 0.925. The molecule has 1 atom stereocenters. The first-order chi connectivity index (χ1) is 10.4. The molecule has 1 aromatic rings. The summed E-state index contributed by atoms with van der Waals surface area (Å²) in [5.74, 6) is -0.431. The molecule has 0 radical (unpaired) electrons. The van der Waals surface area contributed by atoms with Crippen molar-refractivity contribution in [1.29, 1.82) is 0 Å². The second-order valence-electron chi connectivity index (χ2n) is 5.50. The second kappa shape index (κ2) is 8.41. The Hall–Kier alpha value is -2.04. The molecule has 22 heavy (non-hydrogen) atoms. The predicted molar refractivity (Wildman–Crippen MR) is 85.1 cm³/mol. The fraction of sp³-hybridized carbons (Fsp3) is 0.529. The predicted octanol–water partition coefficient (Wildman–Crippen LogP) is 2.90. The first-order valence-corrected chi connectivity index (χ1v) is 7.56. The van der Waals surface area contributed by atoms with E-state index in [0.717, 1.165) is 11.3 Å². The van der Waals surface area contributed by atoms with Gasteiger partial charge in [-0.25, -0.2) is 0 Å². The van der Waals surface area contributed by atoms with E-state index in [-0.39, 0.29) is 30.8 Å². The van der Waals surface area contributed by atoms with Crippen molar-refractivity contribution in [2.24, 2.45) is 0 Å². The van der Waals surface area contributed by atoms with Gasteiger partial charge in [0.05, 0.1) is 19.4 Å². The molecule has 1 amide bonds. The van der Waals surface area contributed by atoms with Crippen molar-refractivity contribution in [3.05, 3.63) is 29.8 Å². The zero-order chi connectivity index (χ0) is 16.7. The minimum atomic E-state index is -0.893. The molecule has 1 unspecified atom stereocenters. The average Bonchev–Trinajstić information content (AvgIpc) is 2.48. The second-order valence-corrected chi connectivity index (χ2v) is 5.50. The van der Waals surface area contributed by atoms with Gasteiger partial charge in [-0.1, -0.05) is 19.1 Å². The van der Waals surface area contributed by atoms with Gasteiger partial charge in [0.25, 0.3) is 0 Å². The molecule has 0 aliphatic rings. The molecule has 0 bridgehead atoms. The first-order valence-electron chi connectivity index (χ1n) is 7.56. The summed E-state index contributed by atoms with van der Waals surface area (Å²) in [5, 5.41) is 8.84. The van der Waals surface area contributed by atoms with E-state index in [4.69, 9.17) is 9.84 Å². The molecule has 5 nitrogen and oxygen atoms in total. The summed E-state index contributed by atoms with van der Waals surface area (Å²) < 4.78 is 5.13. The van der Waals surface area contributed by atoms with E-state index in [1.54, 1.807) is 12.0 Å². The summed E-state index contributed by atoms with van der Waals surface area (Å²) in [6.07, 6.45) is 0.629. The van der Waals surface area contributed by atoms with Gasteiger partial charge in [0.15, 0.2) is 0 Å². The van der Waals surface area contributed by atoms with E-state index in [0.29, 0.717) is 6.42 Å². The van der Waals surface area contributed by atoms with Gasteiger partial charge in [0.2, 0.25) is 5.91 Å². The highest BCUT2D eigenvalue weighted by atomic mass is 16.5. The lowest BCUT2D eigenvalue weighted by atomic mass is 9.94. The third-order valence-corrected chi connectivity index (χ3v) is 3.70. The van der Waals surface area contributed by atoms with E-state index in [1.165, 1.54) is 0 Å². The maximum absolute atomic E-state index is 12.8. The lowest BCUT2D eigenvalue weighted by molar-refractivity contribution is -0.139. The highest BCUT2D eigenvalue weighted by Gasteiger charge is 2.26. The number of amides is 1. The number of hydrogen-bond acceptors (Lipinski definition) is 3. The zero-order valence-corrected chi connectivity index (χ0v) is 13.7. The van der Waals surface area contributed by atoms with Crippen LogP contribution in [0, 0.1) is 0 Å². The van der Waals surface area contributed by atoms with Gasteiger partial charge in [0.1, 0.15) is 5.75 Å². The molecule has 0 aromatic heterocycles. The summed E-state index contributed by atoms with van der Waals surface area (Å²) >= 11 is 0. The zero-order valence-electron chi connectivity index (χ0n) is 13.7. The van der Waals surface area contributed by atoms with Gasteiger partial charge < -0.3 is 14.7 Å². The summed E-state index contributed by atoms with van der Waals surface area (Å²) in [6, 6.07) is 7.42. The molecule has 122 valence electrons. The number of aliphatic carboxylic acids is 1. The number of carbonyl (C=O) groups excluding carboxylic acids is 1. The van der Waals surface area contributed by atoms with Crippen LogP contribution in [0.25, 0.3) is 0 Å². The molecule has 0 aliphatic heterocycles. The molecular weight excluding hydrogens is 282 g/mol. The molecule has 1 aromatic carbocycles. The van der Waals surface area contributed by atoms with Crippen LogP contribution < -0.4 is 4.74 Å². The van der Waals surface area contributed by atoms with Crippen LogP contribution in [0.15, 0.2) is 24.3 Å². The topological polar surface area (TPSA) is 66.8 Å². The number of carboxylic acids is 1. The molecule has 1 rings (SSSR count).